The second-order valence-electron chi connectivity index (χ2n) is 4.87. The molecule has 0 atom stereocenters. The minimum atomic E-state index is 0.0666. The largest absolute Gasteiger partial charge is 0.399 e. The molecule has 1 aliphatic heterocycles. The topological polar surface area (TPSA) is 67.6 Å². The van der Waals surface area contributed by atoms with Crippen LogP contribution in [0.15, 0.2) is 18.2 Å². The SMILES string of the molecule is COCCCNC(=O)CN1Cc2ccc(N)cc2C1. The quantitative estimate of drug-likeness (QED) is 0.587. The van der Waals surface area contributed by atoms with Gasteiger partial charge in [0.25, 0.3) is 0 Å². The van der Waals surface area contributed by atoms with Gasteiger partial charge in [-0.25, -0.2) is 0 Å². The van der Waals surface area contributed by atoms with E-state index in [0.29, 0.717) is 19.7 Å². The number of methoxy groups -OCH3 is 1. The third-order valence-electron chi connectivity index (χ3n) is 3.23. The summed E-state index contributed by atoms with van der Waals surface area (Å²) < 4.78 is 4.94. The first-order chi connectivity index (χ1) is 9.19. The number of nitrogen functional groups attached to an aromatic ring is 1. The number of carbonyl (C=O) groups excluding carboxylic acids is 1. The first-order valence-electron chi connectivity index (χ1n) is 6.54. The highest BCUT2D eigenvalue weighted by atomic mass is 16.5. The average molecular weight is 263 g/mol. The number of nitrogens with two attached hydrogens (primary N) is 1. The normalized spacial score (nSPS) is 14.4. The molecule has 1 heterocycles. The number of fused-ring (bicyclic) bond motifs is 1. The number of amides is 1. The van der Waals surface area contributed by atoms with Crippen LogP contribution in [0.4, 0.5) is 5.69 Å². The standard InChI is InChI=1S/C14H21N3O2/c1-19-6-2-5-16-14(18)10-17-8-11-3-4-13(15)7-12(11)9-17/h3-4,7H,2,5-6,8-10,15H2,1H3,(H,16,18). The summed E-state index contributed by atoms with van der Waals surface area (Å²) in [7, 11) is 1.66. The van der Waals surface area contributed by atoms with Crippen LogP contribution in [0.2, 0.25) is 0 Å². The Labute approximate surface area is 113 Å². The van der Waals surface area contributed by atoms with E-state index in [9.17, 15) is 4.79 Å². The third kappa shape index (κ3) is 3.94. The van der Waals surface area contributed by atoms with Gasteiger partial charge in [0.05, 0.1) is 6.54 Å². The predicted molar refractivity (Wildman–Crippen MR) is 74.5 cm³/mol. The molecule has 0 bridgehead atoms. The molecule has 0 spiro atoms. The summed E-state index contributed by atoms with van der Waals surface area (Å²) in [6.45, 7) is 3.39. The molecule has 0 fully saturated rings. The summed E-state index contributed by atoms with van der Waals surface area (Å²) in [5, 5.41) is 2.90. The number of nitrogens with one attached hydrogen (secondary N) is 1. The zero-order chi connectivity index (χ0) is 13.7. The van der Waals surface area contributed by atoms with E-state index in [2.05, 4.69) is 10.2 Å². The number of hydrogen-bond donors (Lipinski definition) is 2. The lowest BCUT2D eigenvalue weighted by Crippen LogP contribution is -2.35. The van der Waals surface area contributed by atoms with Crippen LogP contribution in [0.1, 0.15) is 17.5 Å². The summed E-state index contributed by atoms with van der Waals surface area (Å²) in [5.41, 5.74) is 9.04. The lowest BCUT2D eigenvalue weighted by molar-refractivity contribution is -0.122. The number of nitrogens with zero attached hydrogens (tertiary/aromatic N) is 1. The second kappa shape index (κ2) is 6.54. The van der Waals surface area contributed by atoms with E-state index in [1.165, 1.54) is 11.1 Å². The van der Waals surface area contributed by atoms with E-state index >= 15 is 0 Å². The molecule has 19 heavy (non-hydrogen) atoms. The molecule has 1 amide bonds. The molecular weight excluding hydrogens is 242 g/mol. The molecule has 0 saturated carbocycles. The fourth-order valence-corrected chi connectivity index (χ4v) is 2.30. The molecule has 5 heteroatoms. The Morgan fingerprint density at radius 1 is 1.42 bits per heavy atom. The van der Waals surface area contributed by atoms with Crippen molar-refractivity contribution in [2.75, 3.05) is 32.5 Å². The molecule has 5 nitrogen and oxygen atoms in total. The molecule has 0 unspecified atom stereocenters. The summed E-state index contributed by atoms with van der Waals surface area (Å²) >= 11 is 0. The Hall–Kier alpha value is -1.59. The Bertz CT molecular complexity index is 448. The summed E-state index contributed by atoms with van der Waals surface area (Å²) in [6, 6.07) is 5.94. The highest BCUT2D eigenvalue weighted by molar-refractivity contribution is 5.78. The number of anilines is 1. The fraction of sp³-hybridized carbons (Fsp3) is 0.500. The molecule has 1 aromatic carbocycles. The Kier molecular flexibility index (Phi) is 4.76. The lowest BCUT2D eigenvalue weighted by atomic mass is 10.1. The van der Waals surface area contributed by atoms with Gasteiger partial charge in [0, 0.05) is 39.0 Å². The summed E-state index contributed by atoms with van der Waals surface area (Å²) in [6.07, 6.45) is 0.846. The van der Waals surface area contributed by atoms with E-state index in [0.717, 1.165) is 25.2 Å². The number of hydrogen-bond acceptors (Lipinski definition) is 4. The number of rotatable bonds is 6. The molecule has 0 aromatic heterocycles. The average Bonchev–Trinajstić information content (AvgIpc) is 2.76. The van der Waals surface area contributed by atoms with Gasteiger partial charge in [-0.2, -0.15) is 0 Å². The Morgan fingerprint density at radius 2 is 2.21 bits per heavy atom. The van der Waals surface area contributed by atoms with Gasteiger partial charge < -0.3 is 15.8 Å². The highest BCUT2D eigenvalue weighted by Gasteiger charge is 2.20. The van der Waals surface area contributed by atoms with Gasteiger partial charge in [-0.3, -0.25) is 9.69 Å². The number of carbonyl (C=O) groups is 1. The van der Waals surface area contributed by atoms with Crippen molar-refractivity contribution in [3.63, 3.8) is 0 Å². The maximum atomic E-state index is 11.8. The van der Waals surface area contributed by atoms with Crippen molar-refractivity contribution >= 4 is 11.6 Å². The zero-order valence-electron chi connectivity index (χ0n) is 11.3. The van der Waals surface area contributed by atoms with Crippen LogP contribution in [0.3, 0.4) is 0 Å². The summed E-state index contributed by atoms with van der Waals surface area (Å²) in [4.78, 5) is 13.9. The van der Waals surface area contributed by atoms with Gasteiger partial charge in [-0.15, -0.1) is 0 Å². The molecule has 104 valence electrons. The van der Waals surface area contributed by atoms with Crippen molar-refractivity contribution in [2.45, 2.75) is 19.5 Å². The van der Waals surface area contributed by atoms with E-state index in [4.69, 9.17) is 10.5 Å². The van der Waals surface area contributed by atoms with E-state index < -0.39 is 0 Å². The van der Waals surface area contributed by atoms with Crippen molar-refractivity contribution < 1.29 is 9.53 Å². The van der Waals surface area contributed by atoms with Crippen molar-refractivity contribution in [1.29, 1.82) is 0 Å². The lowest BCUT2D eigenvalue weighted by Gasteiger charge is -2.14. The van der Waals surface area contributed by atoms with Gasteiger partial charge in [0.2, 0.25) is 5.91 Å². The molecule has 0 radical (unpaired) electrons. The van der Waals surface area contributed by atoms with Crippen molar-refractivity contribution in [3.8, 4) is 0 Å². The molecule has 3 N–H and O–H groups in total. The van der Waals surface area contributed by atoms with Crippen LogP contribution in [0.25, 0.3) is 0 Å². The Balaban J connectivity index is 1.75. The number of benzene rings is 1. The first-order valence-corrected chi connectivity index (χ1v) is 6.54. The predicted octanol–water partition coefficient (Wildman–Crippen LogP) is 0.737. The van der Waals surface area contributed by atoms with Crippen LogP contribution < -0.4 is 11.1 Å². The van der Waals surface area contributed by atoms with Crippen LogP contribution in [-0.2, 0) is 22.6 Å². The first kappa shape index (κ1) is 13.8. The van der Waals surface area contributed by atoms with Crippen molar-refractivity contribution in [1.82, 2.24) is 10.2 Å². The molecular formula is C14H21N3O2. The Morgan fingerprint density at radius 3 is 3.00 bits per heavy atom. The van der Waals surface area contributed by atoms with Crippen molar-refractivity contribution in [3.05, 3.63) is 29.3 Å². The van der Waals surface area contributed by atoms with E-state index in [-0.39, 0.29) is 5.91 Å². The smallest absolute Gasteiger partial charge is 0.234 e. The second-order valence-corrected chi connectivity index (χ2v) is 4.87. The summed E-state index contributed by atoms with van der Waals surface area (Å²) in [5.74, 6) is 0.0666. The van der Waals surface area contributed by atoms with Gasteiger partial charge in [0.15, 0.2) is 0 Å². The van der Waals surface area contributed by atoms with Crippen LogP contribution in [0.5, 0.6) is 0 Å². The molecule has 2 rings (SSSR count). The van der Waals surface area contributed by atoms with Gasteiger partial charge in [-0.05, 0) is 29.7 Å². The molecule has 0 saturated heterocycles. The monoisotopic (exact) mass is 263 g/mol. The van der Waals surface area contributed by atoms with E-state index in [1.807, 2.05) is 18.2 Å². The third-order valence-corrected chi connectivity index (χ3v) is 3.23. The maximum absolute atomic E-state index is 11.8. The van der Waals surface area contributed by atoms with Gasteiger partial charge in [0.1, 0.15) is 0 Å². The minimum absolute atomic E-state index is 0.0666. The molecule has 0 aliphatic carbocycles. The molecule has 1 aromatic rings. The highest BCUT2D eigenvalue weighted by Crippen LogP contribution is 2.24. The zero-order valence-corrected chi connectivity index (χ0v) is 11.3. The van der Waals surface area contributed by atoms with E-state index in [1.54, 1.807) is 7.11 Å². The van der Waals surface area contributed by atoms with Gasteiger partial charge >= 0.3 is 0 Å². The fourth-order valence-electron chi connectivity index (χ4n) is 2.30. The van der Waals surface area contributed by atoms with Gasteiger partial charge in [-0.1, -0.05) is 6.07 Å². The minimum Gasteiger partial charge on any atom is -0.399 e. The van der Waals surface area contributed by atoms with Crippen LogP contribution in [0, 0.1) is 0 Å². The molecule has 1 aliphatic rings. The van der Waals surface area contributed by atoms with Crippen LogP contribution in [-0.4, -0.2) is 37.6 Å². The maximum Gasteiger partial charge on any atom is 0.234 e. The number of ether oxygens (including phenoxy) is 1. The van der Waals surface area contributed by atoms with Crippen LogP contribution >= 0.6 is 0 Å². The van der Waals surface area contributed by atoms with Crippen molar-refractivity contribution in [2.24, 2.45) is 0 Å².